The number of rotatable bonds is 4. The van der Waals surface area contributed by atoms with Crippen molar-refractivity contribution in [3.63, 3.8) is 0 Å². The average molecular weight is 327 g/mol. The fourth-order valence-corrected chi connectivity index (χ4v) is 3.25. The van der Waals surface area contributed by atoms with Gasteiger partial charge in [-0.2, -0.15) is 0 Å². The number of aromatic nitrogens is 1. The van der Waals surface area contributed by atoms with Gasteiger partial charge >= 0.3 is 0 Å². The number of hydrogen-bond acceptors (Lipinski definition) is 4. The standard InChI is InChI=1S/C14H23BrN4/c1-10-8-19(9-13(10)18(3)4)14-11(6-16-2)5-12(15)7-17-14/h5,7,10,13,16H,6,8-9H2,1-4H3. The third-order valence-corrected chi connectivity index (χ3v) is 4.25. The van der Waals surface area contributed by atoms with Crippen molar-refractivity contribution in [1.82, 2.24) is 15.2 Å². The number of likely N-dealkylation sites (N-methyl/N-ethyl adjacent to an activating group) is 1. The normalized spacial score (nSPS) is 23.4. The lowest BCUT2D eigenvalue weighted by Crippen LogP contribution is -2.34. The molecule has 1 aromatic heterocycles. The molecule has 0 aliphatic carbocycles. The Bertz CT molecular complexity index is 435. The van der Waals surface area contributed by atoms with Gasteiger partial charge in [0.2, 0.25) is 0 Å². The molecule has 0 aromatic carbocycles. The molecule has 5 heteroatoms. The topological polar surface area (TPSA) is 31.4 Å². The molecule has 2 heterocycles. The van der Waals surface area contributed by atoms with Crippen molar-refractivity contribution in [2.45, 2.75) is 19.5 Å². The van der Waals surface area contributed by atoms with Crippen molar-refractivity contribution in [3.05, 3.63) is 22.3 Å². The summed E-state index contributed by atoms with van der Waals surface area (Å²) >= 11 is 3.50. The minimum atomic E-state index is 0.605. The molecule has 1 fully saturated rings. The monoisotopic (exact) mass is 326 g/mol. The summed E-state index contributed by atoms with van der Waals surface area (Å²) in [7, 11) is 6.29. The van der Waals surface area contributed by atoms with Crippen LogP contribution in [0.2, 0.25) is 0 Å². The SMILES string of the molecule is CNCc1cc(Br)cnc1N1CC(C)C(N(C)C)C1. The highest BCUT2D eigenvalue weighted by Crippen LogP contribution is 2.28. The molecule has 0 spiro atoms. The van der Waals surface area contributed by atoms with Gasteiger partial charge in [0.1, 0.15) is 5.82 Å². The highest BCUT2D eigenvalue weighted by atomic mass is 79.9. The van der Waals surface area contributed by atoms with E-state index in [1.807, 2.05) is 13.2 Å². The van der Waals surface area contributed by atoms with Gasteiger partial charge in [0.05, 0.1) is 0 Å². The van der Waals surface area contributed by atoms with Crippen LogP contribution in [-0.2, 0) is 6.54 Å². The van der Waals surface area contributed by atoms with E-state index in [1.165, 1.54) is 5.56 Å². The summed E-state index contributed by atoms with van der Waals surface area (Å²) in [5.74, 6) is 1.79. The molecule has 0 bridgehead atoms. The highest BCUT2D eigenvalue weighted by Gasteiger charge is 2.32. The number of nitrogens with one attached hydrogen (secondary N) is 1. The van der Waals surface area contributed by atoms with Crippen molar-refractivity contribution in [2.24, 2.45) is 5.92 Å². The van der Waals surface area contributed by atoms with Gasteiger partial charge in [0.15, 0.2) is 0 Å². The lowest BCUT2D eigenvalue weighted by atomic mass is 10.1. The maximum absolute atomic E-state index is 4.63. The molecule has 1 aliphatic heterocycles. The number of hydrogen-bond donors (Lipinski definition) is 1. The van der Waals surface area contributed by atoms with E-state index in [4.69, 9.17) is 0 Å². The van der Waals surface area contributed by atoms with E-state index in [0.29, 0.717) is 12.0 Å². The Balaban J connectivity index is 2.23. The highest BCUT2D eigenvalue weighted by molar-refractivity contribution is 9.10. The largest absolute Gasteiger partial charge is 0.354 e. The Hall–Kier alpha value is -0.650. The van der Waals surface area contributed by atoms with Gasteiger partial charge < -0.3 is 15.1 Å². The van der Waals surface area contributed by atoms with Gasteiger partial charge in [-0.05, 0) is 49.1 Å². The van der Waals surface area contributed by atoms with E-state index in [0.717, 1.165) is 29.9 Å². The predicted molar refractivity (Wildman–Crippen MR) is 83.6 cm³/mol. The first-order valence-corrected chi connectivity index (χ1v) is 7.52. The smallest absolute Gasteiger partial charge is 0.133 e. The Morgan fingerprint density at radius 1 is 1.47 bits per heavy atom. The Labute approximate surface area is 124 Å². The van der Waals surface area contributed by atoms with Gasteiger partial charge in [-0.1, -0.05) is 6.92 Å². The van der Waals surface area contributed by atoms with E-state index in [1.54, 1.807) is 0 Å². The van der Waals surface area contributed by atoms with Crippen LogP contribution < -0.4 is 10.2 Å². The van der Waals surface area contributed by atoms with Gasteiger partial charge in [-0.25, -0.2) is 4.98 Å². The van der Waals surface area contributed by atoms with Crippen LogP contribution in [0.4, 0.5) is 5.82 Å². The number of halogens is 1. The maximum Gasteiger partial charge on any atom is 0.133 e. The van der Waals surface area contributed by atoms with Crippen molar-refractivity contribution in [3.8, 4) is 0 Å². The van der Waals surface area contributed by atoms with Crippen LogP contribution in [0.3, 0.4) is 0 Å². The van der Waals surface area contributed by atoms with Crippen LogP contribution in [0.1, 0.15) is 12.5 Å². The molecule has 4 nitrogen and oxygen atoms in total. The third-order valence-electron chi connectivity index (χ3n) is 3.81. The Kier molecular flexibility index (Phi) is 4.81. The number of pyridine rings is 1. The van der Waals surface area contributed by atoms with Crippen LogP contribution in [0.25, 0.3) is 0 Å². The minimum absolute atomic E-state index is 0.605. The van der Waals surface area contributed by atoms with Crippen LogP contribution in [0.15, 0.2) is 16.7 Å². The van der Waals surface area contributed by atoms with Crippen LogP contribution in [0, 0.1) is 5.92 Å². The number of anilines is 1. The lowest BCUT2D eigenvalue weighted by molar-refractivity contribution is 0.266. The van der Waals surface area contributed by atoms with Gasteiger partial charge in [0, 0.05) is 41.9 Å². The lowest BCUT2D eigenvalue weighted by Gasteiger charge is -2.23. The average Bonchev–Trinajstić information content (AvgIpc) is 2.72. The molecule has 2 atom stereocenters. The molecule has 1 aliphatic rings. The molecule has 1 saturated heterocycles. The second kappa shape index (κ2) is 6.20. The van der Waals surface area contributed by atoms with Gasteiger partial charge in [-0.3, -0.25) is 0 Å². The zero-order chi connectivity index (χ0) is 14.0. The van der Waals surface area contributed by atoms with Crippen LogP contribution in [0.5, 0.6) is 0 Å². The molecule has 2 unspecified atom stereocenters. The summed E-state index contributed by atoms with van der Waals surface area (Å²) in [5.41, 5.74) is 1.25. The second-order valence-electron chi connectivity index (χ2n) is 5.58. The first-order chi connectivity index (χ1) is 9.02. The van der Waals surface area contributed by atoms with Crippen molar-refractivity contribution in [2.75, 3.05) is 39.1 Å². The minimum Gasteiger partial charge on any atom is -0.354 e. The van der Waals surface area contributed by atoms with Crippen molar-refractivity contribution >= 4 is 21.7 Å². The molecule has 2 rings (SSSR count). The summed E-state index contributed by atoms with van der Waals surface area (Å²) in [5, 5.41) is 3.22. The predicted octanol–water partition coefficient (Wildman–Crippen LogP) is 1.95. The molecule has 0 radical (unpaired) electrons. The molecule has 106 valence electrons. The molecular formula is C14H23BrN4. The summed E-state index contributed by atoms with van der Waals surface area (Å²) in [6, 6.07) is 2.76. The van der Waals surface area contributed by atoms with E-state index in [9.17, 15) is 0 Å². The molecule has 0 saturated carbocycles. The zero-order valence-corrected chi connectivity index (χ0v) is 13.7. The fraction of sp³-hybridized carbons (Fsp3) is 0.643. The van der Waals surface area contributed by atoms with Crippen LogP contribution in [-0.4, -0.2) is 50.2 Å². The van der Waals surface area contributed by atoms with Crippen molar-refractivity contribution < 1.29 is 0 Å². The summed E-state index contributed by atoms with van der Waals surface area (Å²) in [4.78, 5) is 9.36. The molecule has 1 N–H and O–H groups in total. The summed E-state index contributed by atoms with van der Waals surface area (Å²) < 4.78 is 1.04. The molecule has 1 aromatic rings. The van der Waals surface area contributed by atoms with E-state index < -0.39 is 0 Å². The first-order valence-electron chi connectivity index (χ1n) is 6.73. The number of nitrogens with zero attached hydrogens (tertiary/aromatic N) is 3. The molecule has 19 heavy (non-hydrogen) atoms. The Morgan fingerprint density at radius 3 is 2.79 bits per heavy atom. The Morgan fingerprint density at radius 2 is 2.21 bits per heavy atom. The van der Waals surface area contributed by atoms with E-state index >= 15 is 0 Å². The molecular weight excluding hydrogens is 304 g/mol. The zero-order valence-electron chi connectivity index (χ0n) is 12.2. The van der Waals surface area contributed by atoms with E-state index in [-0.39, 0.29) is 0 Å². The van der Waals surface area contributed by atoms with E-state index in [2.05, 4.69) is 63.1 Å². The van der Waals surface area contributed by atoms with Gasteiger partial charge in [0.25, 0.3) is 0 Å². The molecule has 0 amide bonds. The van der Waals surface area contributed by atoms with Crippen LogP contribution >= 0.6 is 15.9 Å². The van der Waals surface area contributed by atoms with Crippen molar-refractivity contribution in [1.29, 1.82) is 0 Å². The fourth-order valence-electron chi connectivity index (χ4n) is 2.87. The second-order valence-corrected chi connectivity index (χ2v) is 6.50. The maximum atomic E-state index is 4.63. The summed E-state index contributed by atoms with van der Waals surface area (Å²) in [6.45, 7) is 5.30. The quantitative estimate of drug-likeness (QED) is 0.916. The first kappa shape index (κ1) is 14.8. The third kappa shape index (κ3) is 3.27. The van der Waals surface area contributed by atoms with Gasteiger partial charge in [-0.15, -0.1) is 0 Å². The summed E-state index contributed by atoms with van der Waals surface area (Å²) in [6.07, 6.45) is 1.89.